The van der Waals surface area contributed by atoms with Crippen molar-refractivity contribution in [2.75, 3.05) is 0 Å². The molecule has 0 aromatic carbocycles. The second kappa shape index (κ2) is 5.66. The molecule has 1 aliphatic carbocycles. The summed E-state index contributed by atoms with van der Waals surface area (Å²) in [7, 11) is 0. The molecule has 1 unspecified atom stereocenters. The van der Waals surface area contributed by atoms with Crippen molar-refractivity contribution in [3.8, 4) is 0 Å². The van der Waals surface area contributed by atoms with Crippen LogP contribution in [0.15, 0.2) is 23.8 Å². The number of hydrogen-bond acceptors (Lipinski definition) is 1. The van der Waals surface area contributed by atoms with Crippen LogP contribution in [0.5, 0.6) is 0 Å². The van der Waals surface area contributed by atoms with Gasteiger partial charge in [0.25, 0.3) is 0 Å². The van der Waals surface area contributed by atoms with Gasteiger partial charge in [-0.2, -0.15) is 0 Å². The predicted octanol–water partition coefficient (Wildman–Crippen LogP) is 4.54. The molecule has 0 aromatic heterocycles. The summed E-state index contributed by atoms with van der Waals surface area (Å²) >= 11 is 0. The normalized spacial score (nSPS) is 24.1. The molecular formula is C16H26O. The van der Waals surface area contributed by atoms with Crippen LogP contribution < -0.4 is 0 Å². The van der Waals surface area contributed by atoms with Crippen molar-refractivity contribution in [1.82, 2.24) is 0 Å². The molecular weight excluding hydrogens is 208 g/mol. The summed E-state index contributed by atoms with van der Waals surface area (Å²) in [5.41, 5.74) is 1.70. The first kappa shape index (κ1) is 14.2. The zero-order valence-corrected chi connectivity index (χ0v) is 11.9. The van der Waals surface area contributed by atoms with Crippen LogP contribution >= 0.6 is 0 Å². The largest absolute Gasteiger partial charge is 0.295 e. The zero-order valence-electron chi connectivity index (χ0n) is 11.9. The summed E-state index contributed by atoms with van der Waals surface area (Å²) in [5.74, 6) is 1.13. The fourth-order valence-corrected chi connectivity index (χ4v) is 2.66. The van der Waals surface area contributed by atoms with E-state index in [1.807, 2.05) is 0 Å². The Morgan fingerprint density at radius 3 is 2.71 bits per heavy atom. The molecule has 0 fully saturated rings. The summed E-state index contributed by atoms with van der Waals surface area (Å²) in [4.78, 5) is 11.7. The maximum atomic E-state index is 11.7. The predicted molar refractivity (Wildman–Crippen MR) is 73.9 cm³/mol. The Morgan fingerprint density at radius 2 is 2.18 bits per heavy atom. The van der Waals surface area contributed by atoms with Gasteiger partial charge in [-0.15, -0.1) is 0 Å². The Balaban J connectivity index is 2.71. The SMILES string of the molecule is CC1=CCCC(C)(C)C1/C=C\C(=O)CC(C)C. The molecule has 0 radical (unpaired) electrons. The molecule has 0 bridgehead atoms. The van der Waals surface area contributed by atoms with Crippen molar-refractivity contribution < 1.29 is 4.79 Å². The third-order valence-electron chi connectivity index (χ3n) is 3.67. The smallest absolute Gasteiger partial charge is 0.155 e. The Bertz CT molecular complexity index is 331. The summed E-state index contributed by atoms with van der Waals surface area (Å²) < 4.78 is 0. The first-order valence-electron chi connectivity index (χ1n) is 6.70. The average molecular weight is 234 g/mol. The van der Waals surface area contributed by atoms with Gasteiger partial charge in [-0.3, -0.25) is 4.79 Å². The highest BCUT2D eigenvalue weighted by Crippen LogP contribution is 2.41. The number of carbonyl (C=O) groups excluding carboxylic acids is 1. The van der Waals surface area contributed by atoms with E-state index in [0.717, 1.165) is 0 Å². The van der Waals surface area contributed by atoms with Gasteiger partial charge in [0.2, 0.25) is 0 Å². The van der Waals surface area contributed by atoms with Gasteiger partial charge < -0.3 is 0 Å². The van der Waals surface area contributed by atoms with Crippen LogP contribution in [0.1, 0.15) is 53.9 Å². The lowest BCUT2D eigenvalue weighted by molar-refractivity contribution is -0.115. The van der Waals surface area contributed by atoms with Gasteiger partial charge in [-0.1, -0.05) is 45.4 Å². The molecule has 0 N–H and O–H groups in total. The summed E-state index contributed by atoms with van der Waals surface area (Å²) in [6.07, 6.45) is 9.27. The minimum absolute atomic E-state index is 0.258. The lowest BCUT2D eigenvalue weighted by Crippen LogP contribution is -2.26. The van der Waals surface area contributed by atoms with Crippen LogP contribution in [-0.2, 0) is 4.79 Å². The molecule has 0 heterocycles. The van der Waals surface area contributed by atoms with E-state index in [9.17, 15) is 4.79 Å². The first-order valence-corrected chi connectivity index (χ1v) is 6.70. The van der Waals surface area contributed by atoms with Crippen LogP contribution in [0.3, 0.4) is 0 Å². The van der Waals surface area contributed by atoms with E-state index >= 15 is 0 Å². The van der Waals surface area contributed by atoms with Gasteiger partial charge >= 0.3 is 0 Å². The van der Waals surface area contributed by atoms with E-state index in [1.165, 1.54) is 18.4 Å². The fourth-order valence-electron chi connectivity index (χ4n) is 2.66. The number of carbonyl (C=O) groups is 1. The van der Waals surface area contributed by atoms with Crippen LogP contribution in [0.4, 0.5) is 0 Å². The topological polar surface area (TPSA) is 17.1 Å². The molecule has 0 saturated carbocycles. The minimum atomic E-state index is 0.258. The highest BCUT2D eigenvalue weighted by atomic mass is 16.1. The van der Waals surface area contributed by atoms with E-state index in [1.54, 1.807) is 6.08 Å². The third kappa shape index (κ3) is 4.14. The number of allylic oxidation sites excluding steroid dienone is 4. The van der Waals surface area contributed by atoms with E-state index in [-0.39, 0.29) is 11.2 Å². The van der Waals surface area contributed by atoms with Gasteiger partial charge in [-0.05, 0) is 37.2 Å². The van der Waals surface area contributed by atoms with Crippen molar-refractivity contribution >= 4 is 5.78 Å². The maximum absolute atomic E-state index is 11.7. The summed E-state index contributed by atoms with van der Waals surface area (Å²) in [5, 5.41) is 0. The highest BCUT2D eigenvalue weighted by Gasteiger charge is 2.30. The quantitative estimate of drug-likeness (QED) is 0.515. The highest BCUT2D eigenvalue weighted by molar-refractivity contribution is 5.89. The summed E-state index contributed by atoms with van der Waals surface area (Å²) in [6.45, 7) is 10.9. The molecule has 17 heavy (non-hydrogen) atoms. The van der Waals surface area contributed by atoms with Crippen molar-refractivity contribution in [2.45, 2.75) is 53.9 Å². The lowest BCUT2D eigenvalue weighted by atomic mass is 9.68. The number of ketones is 1. The van der Waals surface area contributed by atoms with Crippen LogP contribution in [0.2, 0.25) is 0 Å². The minimum Gasteiger partial charge on any atom is -0.295 e. The lowest BCUT2D eigenvalue weighted by Gasteiger charge is -2.36. The maximum Gasteiger partial charge on any atom is 0.155 e. The number of hydrogen-bond donors (Lipinski definition) is 0. The Labute approximate surface area is 106 Å². The van der Waals surface area contributed by atoms with E-state index in [0.29, 0.717) is 18.3 Å². The molecule has 1 heteroatoms. The molecule has 0 saturated heterocycles. The van der Waals surface area contributed by atoms with E-state index < -0.39 is 0 Å². The van der Waals surface area contributed by atoms with Crippen molar-refractivity contribution in [3.05, 3.63) is 23.8 Å². The number of rotatable bonds is 4. The van der Waals surface area contributed by atoms with Gasteiger partial charge in [0, 0.05) is 12.3 Å². The average Bonchev–Trinajstić information content (AvgIpc) is 2.14. The van der Waals surface area contributed by atoms with Gasteiger partial charge in [0.1, 0.15) is 0 Å². The Hall–Kier alpha value is -0.850. The zero-order chi connectivity index (χ0) is 13.1. The van der Waals surface area contributed by atoms with Crippen molar-refractivity contribution in [1.29, 1.82) is 0 Å². The molecule has 0 spiro atoms. The Morgan fingerprint density at radius 1 is 1.53 bits per heavy atom. The van der Waals surface area contributed by atoms with Gasteiger partial charge in [0.05, 0.1) is 0 Å². The molecule has 0 aromatic rings. The van der Waals surface area contributed by atoms with Crippen LogP contribution in [0.25, 0.3) is 0 Å². The van der Waals surface area contributed by atoms with Crippen LogP contribution in [0, 0.1) is 17.3 Å². The molecule has 1 atom stereocenters. The van der Waals surface area contributed by atoms with E-state index in [4.69, 9.17) is 0 Å². The second-order valence-electron chi connectivity index (χ2n) is 6.38. The third-order valence-corrected chi connectivity index (χ3v) is 3.67. The van der Waals surface area contributed by atoms with Gasteiger partial charge in [-0.25, -0.2) is 0 Å². The molecule has 96 valence electrons. The summed E-state index contributed by atoms with van der Waals surface area (Å²) in [6, 6.07) is 0. The standard InChI is InChI=1S/C16H26O/c1-12(2)11-14(17)8-9-15-13(3)7-6-10-16(15,4)5/h7-9,12,15H,6,10-11H2,1-5H3/b9-8-. The van der Waals surface area contributed by atoms with Gasteiger partial charge in [0.15, 0.2) is 5.78 Å². The molecule has 0 amide bonds. The van der Waals surface area contributed by atoms with Crippen LogP contribution in [-0.4, -0.2) is 5.78 Å². The molecule has 0 aliphatic heterocycles. The Kier molecular flexibility index (Phi) is 4.73. The monoisotopic (exact) mass is 234 g/mol. The second-order valence-corrected chi connectivity index (χ2v) is 6.38. The molecule has 1 nitrogen and oxygen atoms in total. The van der Waals surface area contributed by atoms with Crippen molar-refractivity contribution in [2.24, 2.45) is 17.3 Å². The van der Waals surface area contributed by atoms with E-state index in [2.05, 4.69) is 46.8 Å². The van der Waals surface area contributed by atoms with Crippen molar-refractivity contribution in [3.63, 3.8) is 0 Å². The molecule has 1 aliphatic rings. The first-order chi connectivity index (χ1) is 7.83. The fraction of sp³-hybridized carbons (Fsp3) is 0.688. The molecule has 1 rings (SSSR count).